The van der Waals surface area contributed by atoms with E-state index < -0.39 is 11.8 Å². The molecular weight excluding hydrogens is 338 g/mol. The molecule has 0 aliphatic carbocycles. The first kappa shape index (κ1) is 18.8. The number of hydrazone groups is 1. The summed E-state index contributed by atoms with van der Waals surface area (Å²) < 4.78 is 10.2. The summed E-state index contributed by atoms with van der Waals surface area (Å²) in [5.74, 6) is 0.162. The van der Waals surface area contributed by atoms with E-state index in [1.807, 2.05) is 0 Å². The molecule has 0 radical (unpaired) electrons. The number of phenolic OH excluding ortho intramolecular Hbond substituents is 1. The summed E-state index contributed by atoms with van der Waals surface area (Å²) in [6, 6.07) is 11.0. The topological polar surface area (TPSA) is 109 Å². The smallest absolute Gasteiger partial charge is 0.259 e. The molecule has 0 saturated heterocycles. The van der Waals surface area contributed by atoms with Crippen LogP contribution in [0, 0.1) is 0 Å². The molecule has 8 heteroatoms. The van der Waals surface area contributed by atoms with Crippen LogP contribution >= 0.6 is 0 Å². The van der Waals surface area contributed by atoms with Crippen molar-refractivity contribution in [2.75, 3.05) is 20.8 Å². The molecule has 26 heavy (non-hydrogen) atoms. The number of rotatable bonds is 7. The molecule has 2 amide bonds. The minimum absolute atomic E-state index is 0.143. The highest BCUT2D eigenvalue weighted by Gasteiger charge is 2.11. The van der Waals surface area contributed by atoms with E-state index in [0.29, 0.717) is 22.6 Å². The van der Waals surface area contributed by atoms with Gasteiger partial charge in [-0.3, -0.25) is 9.59 Å². The molecule has 8 nitrogen and oxygen atoms in total. The predicted molar refractivity (Wildman–Crippen MR) is 95.7 cm³/mol. The Morgan fingerprint density at radius 2 is 1.77 bits per heavy atom. The maximum Gasteiger partial charge on any atom is 0.259 e. The molecule has 136 valence electrons. The fourth-order valence-electron chi connectivity index (χ4n) is 2.02. The Labute approximate surface area is 150 Å². The van der Waals surface area contributed by atoms with Gasteiger partial charge in [0, 0.05) is 5.56 Å². The Kier molecular flexibility index (Phi) is 6.55. The lowest BCUT2D eigenvalue weighted by Gasteiger charge is -2.09. The van der Waals surface area contributed by atoms with Crippen LogP contribution in [-0.2, 0) is 4.79 Å². The molecule has 0 aliphatic heterocycles. The number of benzene rings is 2. The van der Waals surface area contributed by atoms with E-state index in [2.05, 4.69) is 15.8 Å². The average molecular weight is 357 g/mol. The zero-order valence-corrected chi connectivity index (χ0v) is 14.4. The van der Waals surface area contributed by atoms with Crippen LogP contribution in [0.3, 0.4) is 0 Å². The summed E-state index contributed by atoms with van der Waals surface area (Å²) in [6.07, 6.45) is 1.42. The lowest BCUT2D eigenvalue weighted by Crippen LogP contribution is -2.34. The monoisotopic (exact) mass is 357 g/mol. The molecule has 3 N–H and O–H groups in total. The van der Waals surface area contributed by atoms with E-state index in [0.717, 1.165) is 0 Å². The van der Waals surface area contributed by atoms with Crippen LogP contribution in [0.1, 0.15) is 15.9 Å². The number of nitrogens with zero attached hydrogens (tertiary/aromatic N) is 1. The largest absolute Gasteiger partial charge is 0.508 e. The Bertz CT molecular complexity index is 803. The van der Waals surface area contributed by atoms with Gasteiger partial charge in [-0.2, -0.15) is 5.10 Å². The number of amides is 2. The Morgan fingerprint density at radius 3 is 2.42 bits per heavy atom. The van der Waals surface area contributed by atoms with Crippen molar-refractivity contribution in [1.29, 1.82) is 0 Å². The lowest BCUT2D eigenvalue weighted by molar-refractivity contribution is -0.120. The number of nitrogens with one attached hydrogen (secondary N) is 2. The summed E-state index contributed by atoms with van der Waals surface area (Å²) >= 11 is 0. The molecule has 0 fully saturated rings. The Morgan fingerprint density at radius 1 is 1.08 bits per heavy atom. The SMILES string of the molecule is COc1ccc(C(=O)NCC(=O)N/N=C\c2ccc(O)cc2)cc1OC. The van der Waals surface area contributed by atoms with E-state index in [4.69, 9.17) is 9.47 Å². The highest BCUT2D eigenvalue weighted by molar-refractivity contribution is 5.97. The van der Waals surface area contributed by atoms with Crippen molar-refractivity contribution in [2.45, 2.75) is 0 Å². The fourth-order valence-corrected chi connectivity index (χ4v) is 2.02. The second-order valence-corrected chi connectivity index (χ2v) is 5.14. The molecule has 0 aliphatic rings. The second kappa shape index (κ2) is 9.07. The average Bonchev–Trinajstić information content (AvgIpc) is 2.67. The molecule has 0 heterocycles. The zero-order valence-electron chi connectivity index (χ0n) is 14.4. The maximum atomic E-state index is 12.1. The number of aromatic hydroxyl groups is 1. The van der Waals surface area contributed by atoms with Crippen molar-refractivity contribution in [3.8, 4) is 17.2 Å². The van der Waals surface area contributed by atoms with Crippen LogP contribution in [0.2, 0.25) is 0 Å². The van der Waals surface area contributed by atoms with Crippen LogP contribution in [0.5, 0.6) is 17.2 Å². The number of ether oxygens (including phenoxy) is 2. The number of methoxy groups -OCH3 is 2. The summed E-state index contributed by atoms with van der Waals surface area (Å²) in [5, 5.41) is 15.4. The molecule has 0 saturated carbocycles. The van der Waals surface area contributed by atoms with Gasteiger partial charge in [-0.25, -0.2) is 5.43 Å². The minimum atomic E-state index is -0.478. The lowest BCUT2D eigenvalue weighted by atomic mass is 10.2. The van der Waals surface area contributed by atoms with Crippen LogP contribution in [0.25, 0.3) is 0 Å². The minimum Gasteiger partial charge on any atom is -0.508 e. The van der Waals surface area contributed by atoms with Gasteiger partial charge in [0.15, 0.2) is 11.5 Å². The van der Waals surface area contributed by atoms with Crippen molar-refractivity contribution in [3.63, 3.8) is 0 Å². The van der Waals surface area contributed by atoms with Crippen molar-refractivity contribution in [3.05, 3.63) is 53.6 Å². The van der Waals surface area contributed by atoms with Gasteiger partial charge in [-0.1, -0.05) is 0 Å². The van der Waals surface area contributed by atoms with Crippen molar-refractivity contribution < 1.29 is 24.2 Å². The first-order valence-corrected chi connectivity index (χ1v) is 7.64. The predicted octanol–water partition coefficient (Wildman–Crippen LogP) is 1.29. The van der Waals surface area contributed by atoms with Gasteiger partial charge < -0.3 is 19.9 Å². The quantitative estimate of drug-likeness (QED) is 0.511. The van der Waals surface area contributed by atoms with Gasteiger partial charge in [0.1, 0.15) is 5.75 Å². The second-order valence-electron chi connectivity index (χ2n) is 5.14. The highest BCUT2D eigenvalue weighted by Crippen LogP contribution is 2.27. The molecule has 0 spiro atoms. The van der Waals surface area contributed by atoms with E-state index in [1.165, 1.54) is 38.6 Å². The fraction of sp³-hybridized carbons (Fsp3) is 0.167. The van der Waals surface area contributed by atoms with Crippen molar-refractivity contribution in [2.24, 2.45) is 5.10 Å². The molecule has 0 bridgehead atoms. The third kappa shape index (κ3) is 5.23. The molecule has 0 atom stereocenters. The Hall–Kier alpha value is -3.55. The van der Waals surface area contributed by atoms with Gasteiger partial charge >= 0.3 is 0 Å². The van der Waals surface area contributed by atoms with Gasteiger partial charge in [0.2, 0.25) is 0 Å². The third-order valence-corrected chi connectivity index (χ3v) is 3.35. The van der Waals surface area contributed by atoms with Gasteiger partial charge in [0.05, 0.1) is 27.0 Å². The van der Waals surface area contributed by atoms with Crippen LogP contribution in [0.15, 0.2) is 47.6 Å². The van der Waals surface area contributed by atoms with Crippen LogP contribution < -0.4 is 20.2 Å². The first-order chi connectivity index (χ1) is 12.5. The normalized spacial score (nSPS) is 10.4. The molecule has 0 unspecified atom stereocenters. The van der Waals surface area contributed by atoms with Crippen LogP contribution in [-0.4, -0.2) is 43.9 Å². The van der Waals surface area contributed by atoms with Crippen molar-refractivity contribution in [1.82, 2.24) is 10.7 Å². The molecule has 2 rings (SSSR count). The highest BCUT2D eigenvalue weighted by atomic mass is 16.5. The number of hydrogen-bond donors (Lipinski definition) is 3. The number of carbonyl (C=O) groups excluding carboxylic acids is 2. The van der Waals surface area contributed by atoms with E-state index in [1.54, 1.807) is 24.3 Å². The Balaban J connectivity index is 1.84. The first-order valence-electron chi connectivity index (χ1n) is 7.64. The van der Waals surface area contributed by atoms with E-state index in [-0.39, 0.29) is 12.3 Å². The number of hydrogen-bond acceptors (Lipinski definition) is 6. The van der Waals surface area contributed by atoms with E-state index in [9.17, 15) is 14.7 Å². The summed E-state index contributed by atoms with van der Waals surface area (Å²) in [7, 11) is 2.97. The van der Waals surface area contributed by atoms with E-state index >= 15 is 0 Å². The molecule has 0 aromatic heterocycles. The summed E-state index contributed by atoms with van der Waals surface area (Å²) in [5.41, 5.74) is 3.34. The number of carbonyl (C=O) groups is 2. The van der Waals surface area contributed by atoms with Gasteiger partial charge in [0.25, 0.3) is 11.8 Å². The summed E-state index contributed by atoms with van der Waals surface area (Å²) in [4.78, 5) is 23.8. The zero-order chi connectivity index (χ0) is 18.9. The summed E-state index contributed by atoms with van der Waals surface area (Å²) in [6.45, 7) is -0.236. The van der Waals surface area contributed by atoms with Gasteiger partial charge in [-0.05, 0) is 48.0 Å². The molecule has 2 aromatic rings. The van der Waals surface area contributed by atoms with Gasteiger partial charge in [-0.15, -0.1) is 0 Å². The maximum absolute atomic E-state index is 12.1. The standard InChI is InChI=1S/C18H19N3O5/c1-25-15-8-5-13(9-16(15)26-2)18(24)19-11-17(23)21-20-10-12-3-6-14(22)7-4-12/h3-10,22H,11H2,1-2H3,(H,19,24)(H,21,23)/b20-10-. The van der Waals surface area contributed by atoms with Crippen LogP contribution in [0.4, 0.5) is 0 Å². The third-order valence-electron chi connectivity index (χ3n) is 3.35. The van der Waals surface area contributed by atoms with Crippen molar-refractivity contribution >= 4 is 18.0 Å². The number of phenols is 1. The molecule has 2 aromatic carbocycles. The molecular formula is C18H19N3O5.